The smallest absolute Gasteiger partial charge is 0.211 e. The van der Waals surface area contributed by atoms with Crippen molar-refractivity contribution >= 4 is 40.0 Å². The molecule has 0 amide bonds. The molecule has 0 aliphatic carbocycles. The van der Waals surface area contributed by atoms with Gasteiger partial charge in [0.2, 0.25) is 10.0 Å². The second kappa shape index (κ2) is 11.6. The first-order chi connectivity index (χ1) is 10.8. The van der Waals surface area contributed by atoms with Crippen molar-refractivity contribution in [2.75, 3.05) is 40.0 Å². The Morgan fingerprint density at radius 3 is 2.33 bits per heavy atom. The van der Waals surface area contributed by atoms with Crippen molar-refractivity contribution in [1.82, 2.24) is 14.5 Å². The highest BCUT2D eigenvalue weighted by atomic mass is 127. The number of guanidine groups is 1. The van der Waals surface area contributed by atoms with Crippen LogP contribution in [0.1, 0.15) is 18.9 Å². The summed E-state index contributed by atoms with van der Waals surface area (Å²) in [5, 5.41) is 3.27. The number of aliphatic imine (C=N–C) groups is 1. The summed E-state index contributed by atoms with van der Waals surface area (Å²) >= 11 is 0. The average molecular weight is 468 g/mol. The normalized spacial score (nSPS) is 12.0. The molecule has 8 heteroatoms. The molecule has 0 heterocycles. The Morgan fingerprint density at radius 2 is 1.83 bits per heavy atom. The number of benzene rings is 1. The molecule has 0 aromatic heterocycles. The molecule has 1 rings (SSSR count). The molecule has 138 valence electrons. The zero-order chi connectivity index (χ0) is 17.3. The van der Waals surface area contributed by atoms with Gasteiger partial charge in [0, 0.05) is 33.7 Å². The van der Waals surface area contributed by atoms with Crippen LogP contribution in [-0.4, -0.2) is 63.6 Å². The van der Waals surface area contributed by atoms with Gasteiger partial charge in [-0.15, -0.1) is 24.0 Å². The number of nitrogens with one attached hydrogen (secondary N) is 1. The molecule has 0 radical (unpaired) electrons. The minimum atomic E-state index is -3.11. The topological polar surface area (TPSA) is 65.0 Å². The maximum absolute atomic E-state index is 11.5. The van der Waals surface area contributed by atoms with E-state index in [1.54, 1.807) is 0 Å². The fourth-order valence-electron chi connectivity index (χ4n) is 2.12. The van der Waals surface area contributed by atoms with E-state index < -0.39 is 10.0 Å². The van der Waals surface area contributed by atoms with Gasteiger partial charge in [0.15, 0.2) is 5.96 Å². The van der Waals surface area contributed by atoms with Crippen LogP contribution in [0.3, 0.4) is 0 Å². The second-order valence-electron chi connectivity index (χ2n) is 5.55. The lowest BCUT2D eigenvalue weighted by molar-refractivity contribution is 0.422. The largest absolute Gasteiger partial charge is 0.356 e. The van der Waals surface area contributed by atoms with Crippen LogP contribution in [-0.2, 0) is 16.6 Å². The van der Waals surface area contributed by atoms with E-state index in [1.807, 2.05) is 56.3 Å². The lowest BCUT2D eigenvalue weighted by Gasteiger charge is -2.20. The Hall–Kier alpha value is -0.870. The number of hydrogen-bond donors (Lipinski definition) is 1. The summed E-state index contributed by atoms with van der Waals surface area (Å²) in [4.78, 5) is 6.51. The lowest BCUT2D eigenvalue weighted by Crippen LogP contribution is -2.38. The summed E-state index contributed by atoms with van der Waals surface area (Å²) in [5.41, 5.74) is 1.16. The van der Waals surface area contributed by atoms with Crippen LogP contribution in [0.15, 0.2) is 35.3 Å². The summed E-state index contributed by atoms with van der Waals surface area (Å²) in [7, 11) is 0.759. The molecule has 1 aromatic rings. The first kappa shape index (κ1) is 23.1. The van der Waals surface area contributed by atoms with Crippen LogP contribution in [0.2, 0.25) is 0 Å². The van der Waals surface area contributed by atoms with Gasteiger partial charge in [0.05, 0.1) is 12.8 Å². The van der Waals surface area contributed by atoms with Crippen molar-refractivity contribution in [1.29, 1.82) is 0 Å². The Bertz CT molecular complexity index is 591. The molecule has 0 saturated heterocycles. The van der Waals surface area contributed by atoms with E-state index >= 15 is 0 Å². The van der Waals surface area contributed by atoms with E-state index in [1.165, 1.54) is 10.6 Å². The van der Waals surface area contributed by atoms with Gasteiger partial charge >= 0.3 is 0 Å². The van der Waals surface area contributed by atoms with Gasteiger partial charge in [-0.2, -0.15) is 0 Å². The minimum absolute atomic E-state index is 0. The lowest BCUT2D eigenvalue weighted by atomic mass is 10.2. The van der Waals surface area contributed by atoms with E-state index in [2.05, 4.69) is 10.3 Å². The van der Waals surface area contributed by atoms with E-state index in [0.717, 1.165) is 17.9 Å². The van der Waals surface area contributed by atoms with Crippen LogP contribution < -0.4 is 5.32 Å². The molecule has 0 bridgehead atoms. The first-order valence-corrected chi connectivity index (χ1v) is 9.64. The summed E-state index contributed by atoms with van der Waals surface area (Å²) in [6.07, 6.45) is 1.98. The third-order valence-corrected chi connectivity index (χ3v) is 4.75. The van der Waals surface area contributed by atoms with Crippen molar-refractivity contribution in [2.24, 2.45) is 4.99 Å². The minimum Gasteiger partial charge on any atom is -0.356 e. The molecule has 6 nitrogen and oxygen atoms in total. The zero-order valence-electron chi connectivity index (χ0n) is 14.9. The second-order valence-corrected chi connectivity index (χ2v) is 7.54. The van der Waals surface area contributed by atoms with Crippen LogP contribution in [0.25, 0.3) is 0 Å². The van der Waals surface area contributed by atoms with Gasteiger partial charge in [-0.3, -0.25) is 0 Å². The van der Waals surface area contributed by atoms with Gasteiger partial charge in [-0.1, -0.05) is 37.3 Å². The molecule has 1 aromatic carbocycles. The van der Waals surface area contributed by atoms with Crippen LogP contribution in [0.5, 0.6) is 0 Å². The molecular weight excluding hydrogens is 439 g/mol. The highest BCUT2D eigenvalue weighted by Gasteiger charge is 2.13. The number of rotatable bonds is 8. The monoisotopic (exact) mass is 468 g/mol. The molecule has 24 heavy (non-hydrogen) atoms. The zero-order valence-corrected chi connectivity index (χ0v) is 18.0. The Morgan fingerprint density at radius 1 is 1.21 bits per heavy atom. The third-order valence-electron chi connectivity index (χ3n) is 3.37. The van der Waals surface area contributed by atoms with E-state index in [-0.39, 0.29) is 24.0 Å². The average Bonchev–Trinajstić information content (AvgIpc) is 2.49. The molecule has 0 aliphatic rings. The highest BCUT2D eigenvalue weighted by Crippen LogP contribution is 2.01. The van der Waals surface area contributed by atoms with E-state index in [9.17, 15) is 8.42 Å². The summed E-state index contributed by atoms with van der Waals surface area (Å²) in [6, 6.07) is 10.1. The van der Waals surface area contributed by atoms with Crippen molar-refractivity contribution < 1.29 is 8.42 Å². The molecule has 0 unspecified atom stereocenters. The van der Waals surface area contributed by atoms with Crippen LogP contribution in [0, 0.1) is 0 Å². The molecule has 1 N–H and O–H groups in total. The van der Waals surface area contributed by atoms with Gasteiger partial charge in [0.1, 0.15) is 0 Å². The van der Waals surface area contributed by atoms with Crippen molar-refractivity contribution in [3.63, 3.8) is 0 Å². The molecule has 0 saturated carbocycles. The van der Waals surface area contributed by atoms with Gasteiger partial charge in [-0.05, 0) is 12.0 Å². The van der Waals surface area contributed by atoms with E-state index in [4.69, 9.17) is 0 Å². The van der Waals surface area contributed by atoms with Crippen molar-refractivity contribution in [2.45, 2.75) is 19.9 Å². The Balaban J connectivity index is 0.00000529. The summed E-state index contributed by atoms with van der Waals surface area (Å²) in [6.45, 7) is 4.16. The van der Waals surface area contributed by atoms with Crippen LogP contribution in [0.4, 0.5) is 0 Å². The number of sulfonamides is 1. The number of halogens is 1. The molecule has 0 aliphatic heterocycles. The van der Waals surface area contributed by atoms with Crippen molar-refractivity contribution in [3.05, 3.63) is 35.9 Å². The summed E-state index contributed by atoms with van der Waals surface area (Å²) < 4.78 is 24.5. The predicted octanol–water partition coefficient (Wildman–Crippen LogP) is 1.98. The molecule has 0 spiro atoms. The van der Waals surface area contributed by atoms with Gasteiger partial charge in [0.25, 0.3) is 0 Å². The van der Waals surface area contributed by atoms with Gasteiger partial charge < -0.3 is 10.2 Å². The summed E-state index contributed by atoms with van der Waals surface area (Å²) in [5.74, 6) is 0.802. The quantitative estimate of drug-likeness (QED) is 0.274. The molecular formula is C16H29IN4O2S. The third kappa shape index (κ3) is 8.84. The fourth-order valence-corrected chi connectivity index (χ4v) is 3.05. The van der Waals surface area contributed by atoms with E-state index in [0.29, 0.717) is 26.2 Å². The first-order valence-electron chi connectivity index (χ1n) is 7.79. The molecule has 0 atom stereocenters. The SMILES string of the molecule is CCN(CCCNC(=NCc1ccccc1)N(C)C)S(C)(=O)=O.I. The maximum atomic E-state index is 11.5. The fraction of sp³-hybridized carbons (Fsp3) is 0.562. The Labute approximate surface area is 163 Å². The molecule has 0 fully saturated rings. The highest BCUT2D eigenvalue weighted by molar-refractivity contribution is 14.0. The number of hydrogen-bond acceptors (Lipinski definition) is 3. The van der Waals surface area contributed by atoms with Crippen LogP contribution >= 0.6 is 24.0 Å². The van der Waals surface area contributed by atoms with Crippen molar-refractivity contribution in [3.8, 4) is 0 Å². The number of nitrogens with zero attached hydrogens (tertiary/aromatic N) is 3. The maximum Gasteiger partial charge on any atom is 0.211 e. The predicted molar refractivity (Wildman–Crippen MR) is 111 cm³/mol. The standard InChI is InChI=1S/C16H28N4O2S.HI/c1-5-20(23(4,21)22)13-9-12-17-16(19(2)3)18-14-15-10-7-6-8-11-15;/h6-8,10-11H,5,9,12-14H2,1-4H3,(H,17,18);1H. The van der Waals surface area contributed by atoms with Gasteiger partial charge in [-0.25, -0.2) is 17.7 Å². The Kier molecular flexibility index (Phi) is 11.2.